The fourth-order valence-corrected chi connectivity index (χ4v) is 3.05. The van der Waals surface area contributed by atoms with Crippen LogP contribution < -0.4 is 20.1 Å². The molecule has 148 valence electrons. The minimum absolute atomic E-state index is 0.00216. The molecule has 3 aromatic rings. The van der Waals surface area contributed by atoms with Gasteiger partial charge in [0.25, 0.3) is 0 Å². The predicted octanol–water partition coefficient (Wildman–Crippen LogP) is 4.95. The highest BCUT2D eigenvalue weighted by Crippen LogP contribution is 2.37. The molecule has 1 aliphatic rings. The molecule has 0 fully saturated rings. The zero-order valence-corrected chi connectivity index (χ0v) is 16.2. The quantitative estimate of drug-likeness (QED) is 0.429. The second-order valence-electron chi connectivity index (χ2n) is 5.91. The highest BCUT2D eigenvalue weighted by atomic mass is 35.5. The van der Waals surface area contributed by atoms with Crippen LogP contribution >= 0.6 is 23.2 Å². The normalized spacial score (nSPS) is 12.3. The fourth-order valence-electron chi connectivity index (χ4n) is 2.71. The van der Waals surface area contributed by atoms with Gasteiger partial charge in [-0.25, -0.2) is 9.97 Å². The van der Waals surface area contributed by atoms with Crippen molar-refractivity contribution in [1.82, 2.24) is 9.97 Å². The van der Waals surface area contributed by atoms with Crippen molar-refractivity contribution in [2.24, 2.45) is 0 Å². The van der Waals surface area contributed by atoms with Gasteiger partial charge in [-0.2, -0.15) is 0 Å². The third-order valence-corrected chi connectivity index (χ3v) is 4.56. The molecule has 2 N–H and O–H groups in total. The van der Waals surface area contributed by atoms with Crippen LogP contribution in [0.3, 0.4) is 0 Å². The maximum Gasteiger partial charge on any atom is 0.353 e. The number of nitrogens with zero attached hydrogens (tertiary/aromatic N) is 3. The first-order valence-electron chi connectivity index (χ1n) is 8.39. The Kier molecular flexibility index (Phi) is 5.24. The van der Waals surface area contributed by atoms with Crippen molar-refractivity contribution >= 4 is 51.9 Å². The van der Waals surface area contributed by atoms with Gasteiger partial charge >= 0.3 is 5.69 Å². The Morgan fingerprint density at radius 3 is 2.45 bits per heavy atom. The third-order valence-electron chi connectivity index (χ3n) is 3.99. The van der Waals surface area contributed by atoms with E-state index in [0.717, 1.165) is 0 Å². The minimum atomic E-state index is -0.582. The number of halogens is 2. The summed E-state index contributed by atoms with van der Waals surface area (Å²) in [5.74, 6) is 1.12. The summed E-state index contributed by atoms with van der Waals surface area (Å²) in [5.41, 5.74) is 0.576. The minimum Gasteiger partial charge on any atom is -0.486 e. The second kappa shape index (κ2) is 7.98. The van der Waals surface area contributed by atoms with Gasteiger partial charge in [-0.05, 0) is 30.3 Å². The van der Waals surface area contributed by atoms with Crippen LogP contribution in [0.2, 0.25) is 10.0 Å². The van der Waals surface area contributed by atoms with Gasteiger partial charge < -0.3 is 20.1 Å². The van der Waals surface area contributed by atoms with E-state index in [2.05, 4.69) is 20.6 Å². The molecule has 0 saturated heterocycles. The molecule has 0 atom stereocenters. The van der Waals surface area contributed by atoms with E-state index in [4.69, 9.17) is 32.7 Å². The molecule has 0 amide bonds. The van der Waals surface area contributed by atoms with E-state index >= 15 is 0 Å². The standard InChI is InChI=1S/C18H13Cl2N5O4/c19-10-1-3-12(20)13(7-10)24-18-16(25(26)27)17(21-9-22-18)23-11-2-4-14-15(8-11)29-6-5-28-14/h1-4,7-9H,5-6H2,(H2,21,22,23,24). The summed E-state index contributed by atoms with van der Waals surface area (Å²) in [7, 11) is 0. The van der Waals surface area contributed by atoms with Crippen LogP contribution in [0.1, 0.15) is 0 Å². The van der Waals surface area contributed by atoms with E-state index in [1.165, 1.54) is 6.33 Å². The molecule has 0 aliphatic carbocycles. The molecule has 2 heterocycles. The maximum atomic E-state index is 11.7. The Morgan fingerprint density at radius 2 is 1.69 bits per heavy atom. The van der Waals surface area contributed by atoms with Crippen LogP contribution in [0.5, 0.6) is 11.5 Å². The van der Waals surface area contributed by atoms with Crippen LogP contribution in [0.25, 0.3) is 0 Å². The summed E-state index contributed by atoms with van der Waals surface area (Å²) >= 11 is 12.1. The number of rotatable bonds is 5. The van der Waals surface area contributed by atoms with E-state index in [9.17, 15) is 10.1 Å². The molecule has 0 radical (unpaired) electrons. The average molecular weight is 434 g/mol. The van der Waals surface area contributed by atoms with Gasteiger partial charge in [-0.15, -0.1) is 0 Å². The molecule has 1 aliphatic heterocycles. The highest BCUT2D eigenvalue weighted by molar-refractivity contribution is 6.35. The molecule has 9 nitrogen and oxygen atoms in total. The van der Waals surface area contributed by atoms with E-state index in [-0.39, 0.29) is 17.3 Å². The second-order valence-corrected chi connectivity index (χ2v) is 6.75. The van der Waals surface area contributed by atoms with Gasteiger partial charge in [0.2, 0.25) is 11.6 Å². The number of hydrogen-bond acceptors (Lipinski definition) is 8. The number of hydrogen-bond donors (Lipinski definition) is 2. The Bertz CT molecular complexity index is 1100. The zero-order valence-electron chi connectivity index (χ0n) is 14.7. The number of anilines is 4. The van der Waals surface area contributed by atoms with E-state index < -0.39 is 4.92 Å². The Morgan fingerprint density at radius 1 is 0.966 bits per heavy atom. The van der Waals surface area contributed by atoms with Crippen molar-refractivity contribution in [1.29, 1.82) is 0 Å². The van der Waals surface area contributed by atoms with Crippen molar-refractivity contribution in [3.8, 4) is 11.5 Å². The lowest BCUT2D eigenvalue weighted by molar-refractivity contribution is -0.383. The van der Waals surface area contributed by atoms with Gasteiger partial charge in [-0.1, -0.05) is 23.2 Å². The molecule has 2 aromatic carbocycles. The summed E-state index contributed by atoms with van der Waals surface area (Å²) in [5, 5.41) is 18.3. The van der Waals surface area contributed by atoms with E-state index in [1.807, 2.05) is 0 Å². The molecular weight excluding hydrogens is 421 g/mol. The Balaban J connectivity index is 1.68. The molecule has 0 saturated carbocycles. The van der Waals surface area contributed by atoms with Gasteiger partial charge in [0, 0.05) is 16.8 Å². The highest BCUT2D eigenvalue weighted by Gasteiger charge is 2.24. The maximum absolute atomic E-state index is 11.7. The monoisotopic (exact) mass is 433 g/mol. The van der Waals surface area contributed by atoms with Crippen LogP contribution in [0, 0.1) is 10.1 Å². The van der Waals surface area contributed by atoms with Crippen LogP contribution in [-0.4, -0.2) is 28.1 Å². The first-order chi connectivity index (χ1) is 14.0. The third kappa shape index (κ3) is 4.10. The molecule has 0 unspecified atom stereocenters. The van der Waals surface area contributed by atoms with Crippen molar-refractivity contribution in [2.45, 2.75) is 0 Å². The van der Waals surface area contributed by atoms with E-state index in [0.29, 0.717) is 46.1 Å². The first-order valence-corrected chi connectivity index (χ1v) is 9.15. The fraction of sp³-hybridized carbons (Fsp3) is 0.111. The number of nitro groups is 1. The topological polar surface area (TPSA) is 111 Å². The molecule has 0 bridgehead atoms. The van der Waals surface area contributed by atoms with Gasteiger partial charge in [0.1, 0.15) is 19.5 Å². The van der Waals surface area contributed by atoms with Crippen LogP contribution in [0.15, 0.2) is 42.7 Å². The molecular formula is C18H13Cl2N5O4. The summed E-state index contributed by atoms with van der Waals surface area (Å²) in [6.07, 6.45) is 1.20. The number of ether oxygens (including phenoxy) is 2. The first kappa shape index (κ1) is 19.0. The van der Waals surface area contributed by atoms with Crippen LogP contribution in [0.4, 0.5) is 28.7 Å². The molecule has 0 spiro atoms. The smallest absolute Gasteiger partial charge is 0.353 e. The Labute approximate surface area is 174 Å². The van der Waals surface area contributed by atoms with Crippen molar-refractivity contribution < 1.29 is 14.4 Å². The predicted molar refractivity (Wildman–Crippen MR) is 109 cm³/mol. The number of benzene rings is 2. The number of aromatic nitrogens is 2. The molecule has 1 aromatic heterocycles. The lowest BCUT2D eigenvalue weighted by Crippen LogP contribution is -2.15. The van der Waals surface area contributed by atoms with Crippen LogP contribution in [-0.2, 0) is 0 Å². The SMILES string of the molecule is O=[N+]([O-])c1c(Nc2ccc3c(c2)OCCO3)ncnc1Nc1cc(Cl)ccc1Cl. The van der Waals surface area contributed by atoms with Crippen molar-refractivity contribution in [2.75, 3.05) is 23.8 Å². The van der Waals surface area contributed by atoms with E-state index in [1.54, 1.807) is 36.4 Å². The summed E-state index contributed by atoms with van der Waals surface area (Å²) in [6.45, 7) is 0.900. The zero-order chi connectivity index (χ0) is 20.4. The Hall–Kier alpha value is -3.30. The van der Waals surface area contributed by atoms with Gasteiger partial charge in [0.05, 0.1) is 15.6 Å². The number of nitrogens with one attached hydrogen (secondary N) is 2. The largest absolute Gasteiger partial charge is 0.486 e. The molecule has 29 heavy (non-hydrogen) atoms. The average Bonchev–Trinajstić information content (AvgIpc) is 2.70. The van der Waals surface area contributed by atoms with Gasteiger partial charge in [0.15, 0.2) is 11.5 Å². The summed E-state index contributed by atoms with van der Waals surface area (Å²) in [4.78, 5) is 19.2. The van der Waals surface area contributed by atoms with Crippen molar-refractivity contribution in [3.05, 3.63) is 62.9 Å². The van der Waals surface area contributed by atoms with Gasteiger partial charge in [-0.3, -0.25) is 10.1 Å². The molecule has 11 heteroatoms. The van der Waals surface area contributed by atoms with Crippen molar-refractivity contribution in [3.63, 3.8) is 0 Å². The lowest BCUT2D eigenvalue weighted by atomic mass is 10.2. The lowest BCUT2D eigenvalue weighted by Gasteiger charge is -2.19. The summed E-state index contributed by atoms with van der Waals surface area (Å²) in [6, 6.07) is 9.84. The molecule has 4 rings (SSSR count). The number of fused-ring (bicyclic) bond motifs is 1. The summed E-state index contributed by atoms with van der Waals surface area (Å²) < 4.78 is 11.0.